The fourth-order valence-corrected chi connectivity index (χ4v) is 1.86. The minimum Gasteiger partial charge on any atom is -0.392 e. The molecular formula is C13H19NO2S. The molecule has 1 amide bonds. The van der Waals surface area contributed by atoms with Gasteiger partial charge in [0.1, 0.15) is 0 Å². The predicted octanol–water partition coefficient (Wildman–Crippen LogP) is 2.65. The molecule has 0 saturated heterocycles. The first-order valence-electron chi connectivity index (χ1n) is 5.54. The molecule has 0 bridgehead atoms. The number of carbonyl (C=O) groups excluding carboxylic acids is 1. The molecule has 0 heterocycles. The van der Waals surface area contributed by atoms with Crippen LogP contribution in [-0.4, -0.2) is 21.5 Å². The second kappa shape index (κ2) is 6.07. The number of nitrogens with one attached hydrogen (secondary N) is 1. The van der Waals surface area contributed by atoms with Crippen LogP contribution in [0.5, 0.6) is 0 Å². The molecule has 94 valence electrons. The van der Waals surface area contributed by atoms with Crippen LogP contribution in [0.3, 0.4) is 0 Å². The standard InChI is InChI=1S/C13H19NO2S/c1-13(2,3)17-9-12(16)14-11-6-4-5-10(7-11)8-15/h4-7,15H,8-9H2,1-3H3,(H,14,16). The Morgan fingerprint density at radius 1 is 1.41 bits per heavy atom. The Kier molecular flexibility index (Phi) is 5.02. The quantitative estimate of drug-likeness (QED) is 0.867. The van der Waals surface area contributed by atoms with Crippen LogP contribution in [0.25, 0.3) is 0 Å². The largest absolute Gasteiger partial charge is 0.392 e. The molecule has 3 nitrogen and oxygen atoms in total. The first-order chi connectivity index (χ1) is 7.90. The molecule has 1 aromatic carbocycles. The van der Waals surface area contributed by atoms with E-state index >= 15 is 0 Å². The van der Waals surface area contributed by atoms with Gasteiger partial charge in [-0.25, -0.2) is 0 Å². The van der Waals surface area contributed by atoms with Gasteiger partial charge in [0, 0.05) is 10.4 Å². The van der Waals surface area contributed by atoms with Gasteiger partial charge in [-0.05, 0) is 17.7 Å². The number of anilines is 1. The van der Waals surface area contributed by atoms with Crippen LogP contribution in [0.1, 0.15) is 26.3 Å². The van der Waals surface area contributed by atoms with Crippen molar-refractivity contribution >= 4 is 23.4 Å². The lowest BCUT2D eigenvalue weighted by atomic mass is 10.2. The van der Waals surface area contributed by atoms with Crippen molar-refractivity contribution in [1.29, 1.82) is 0 Å². The Hall–Kier alpha value is -1.00. The highest BCUT2D eigenvalue weighted by molar-refractivity contribution is 8.01. The van der Waals surface area contributed by atoms with Crippen LogP contribution in [0.15, 0.2) is 24.3 Å². The Bertz CT molecular complexity index is 385. The summed E-state index contributed by atoms with van der Waals surface area (Å²) >= 11 is 1.61. The summed E-state index contributed by atoms with van der Waals surface area (Å²) in [6.45, 7) is 6.23. The summed E-state index contributed by atoms with van der Waals surface area (Å²) in [4.78, 5) is 11.7. The zero-order chi connectivity index (χ0) is 12.9. The van der Waals surface area contributed by atoms with Crippen molar-refractivity contribution < 1.29 is 9.90 Å². The predicted molar refractivity (Wildman–Crippen MR) is 73.2 cm³/mol. The van der Waals surface area contributed by atoms with Gasteiger partial charge in [0.15, 0.2) is 0 Å². The molecule has 0 unspecified atom stereocenters. The van der Waals surface area contributed by atoms with Gasteiger partial charge in [-0.1, -0.05) is 32.9 Å². The lowest BCUT2D eigenvalue weighted by Gasteiger charge is -2.17. The molecule has 0 atom stereocenters. The van der Waals surface area contributed by atoms with E-state index in [9.17, 15) is 4.79 Å². The first kappa shape index (κ1) is 14.1. The average molecular weight is 253 g/mol. The van der Waals surface area contributed by atoms with E-state index in [1.807, 2.05) is 18.2 Å². The van der Waals surface area contributed by atoms with E-state index in [4.69, 9.17) is 5.11 Å². The van der Waals surface area contributed by atoms with Crippen molar-refractivity contribution in [2.75, 3.05) is 11.1 Å². The summed E-state index contributed by atoms with van der Waals surface area (Å²) < 4.78 is 0.0876. The number of amides is 1. The van der Waals surface area contributed by atoms with Crippen molar-refractivity contribution in [3.63, 3.8) is 0 Å². The van der Waals surface area contributed by atoms with E-state index in [0.717, 1.165) is 11.3 Å². The molecule has 0 fully saturated rings. The summed E-state index contributed by atoms with van der Waals surface area (Å²) in [6, 6.07) is 7.23. The Balaban J connectivity index is 2.50. The zero-order valence-electron chi connectivity index (χ0n) is 10.5. The van der Waals surface area contributed by atoms with Crippen molar-refractivity contribution in [2.45, 2.75) is 32.1 Å². The van der Waals surface area contributed by atoms with Crippen LogP contribution >= 0.6 is 11.8 Å². The number of aliphatic hydroxyl groups excluding tert-OH is 1. The third kappa shape index (κ3) is 5.75. The second-order valence-electron chi connectivity index (χ2n) is 4.81. The molecule has 1 rings (SSSR count). The third-order valence-corrected chi connectivity index (χ3v) is 3.30. The number of aliphatic hydroxyl groups is 1. The van der Waals surface area contributed by atoms with Crippen LogP contribution in [-0.2, 0) is 11.4 Å². The van der Waals surface area contributed by atoms with Gasteiger partial charge in [0.2, 0.25) is 5.91 Å². The van der Waals surface area contributed by atoms with Crippen molar-refractivity contribution in [3.05, 3.63) is 29.8 Å². The average Bonchev–Trinajstić information content (AvgIpc) is 2.26. The summed E-state index contributed by atoms with van der Waals surface area (Å²) in [5.74, 6) is 0.423. The maximum atomic E-state index is 11.7. The molecule has 4 heteroatoms. The van der Waals surface area contributed by atoms with E-state index in [2.05, 4.69) is 26.1 Å². The summed E-state index contributed by atoms with van der Waals surface area (Å²) in [5, 5.41) is 11.8. The summed E-state index contributed by atoms with van der Waals surface area (Å²) in [5.41, 5.74) is 1.53. The van der Waals surface area contributed by atoms with Crippen LogP contribution in [0.2, 0.25) is 0 Å². The number of hydrogen-bond donors (Lipinski definition) is 2. The van der Waals surface area contributed by atoms with Gasteiger partial charge in [0.05, 0.1) is 12.4 Å². The van der Waals surface area contributed by atoms with Crippen molar-refractivity contribution in [2.24, 2.45) is 0 Å². The lowest BCUT2D eigenvalue weighted by Crippen LogP contribution is -2.18. The van der Waals surface area contributed by atoms with Gasteiger partial charge in [-0.3, -0.25) is 4.79 Å². The minimum absolute atomic E-state index is 0.0134. The first-order valence-corrected chi connectivity index (χ1v) is 6.53. The zero-order valence-corrected chi connectivity index (χ0v) is 11.3. The van der Waals surface area contributed by atoms with Crippen LogP contribution in [0, 0.1) is 0 Å². The number of thioether (sulfide) groups is 1. The minimum atomic E-state index is -0.0139. The normalized spacial score (nSPS) is 11.3. The number of hydrogen-bond acceptors (Lipinski definition) is 3. The SMILES string of the molecule is CC(C)(C)SCC(=O)Nc1cccc(CO)c1. The second-order valence-corrected chi connectivity index (χ2v) is 6.61. The molecule has 0 aromatic heterocycles. The monoisotopic (exact) mass is 253 g/mol. The molecule has 17 heavy (non-hydrogen) atoms. The van der Waals surface area contributed by atoms with Gasteiger partial charge in [-0.15, -0.1) is 11.8 Å². The molecule has 0 saturated carbocycles. The van der Waals surface area contributed by atoms with E-state index in [-0.39, 0.29) is 17.3 Å². The van der Waals surface area contributed by atoms with Gasteiger partial charge in [0.25, 0.3) is 0 Å². The van der Waals surface area contributed by atoms with E-state index in [1.54, 1.807) is 17.8 Å². The molecule has 0 radical (unpaired) electrons. The van der Waals surface area contributed by atoms with Crippen LogP contribution in [0.4, 0.5) is 5.69 Å². The number of benzene rings is 1. The van der Waals surface area contributed by atoms with Gasteiger partial charge < -0.3 is 10.4 Å². The summed E-state index contributed by atoms with van der Waals surface area (Å²) in [7, 11) is 0. The maximum absolute atomic E-state index is 11.7. The molecule has 0 aliphatic carbocycles. The highest BCUT2D eigenvalue weighted by Crippen LogP contribution is 2.23. The topological polar surface area (TPSA) is 49.3 Å². The number of carbonyl (C=O) groups is 1. The molecule has 0 spiro atoms. The van der Waals surface area contributed by atoms with Gasteiger partial charge >= 0.3 is 0 Å². The third-order valence-electron chi connectivity index (χ3n) is 2.03. The lowest BCUT2D eigenvalue weighted by molar-refractivity contribution is -0.113. The molecule has 0 aliphatic heterocycles. The van der Waals surface area contributed by atoms with Crippen molar-refractivity contribution in [1.82, 2.24) is 0 Å². The fraction of sp³-hybridized carbons (Fsp3) is 0.462. The van der Waals surface area contributed by atoms with E-state index in [1.165, 1.54) is 0 Å². The van der Waals surface area contributed by atoms with Crippen LogP contribution < -0.4 is 5.32 Å². The van der Waals surface area contributed by atoms with E-state index in [0.29, 0.717) is 5.75 Å². The van der Waals surface area contributed by atoms with Gasteiger partial charge in [-0.2, -0.15) is 0 Å². The highest BCUT2D eigenvalue weighted by atomic mass is 32.2. The molecule has 0 aliphatic rings. The Morgan fingerprint density at radius 3 is 2.71 bits per heavy atom. The smallest absolute Gasteiger partial charge is 0.234 e. The van der Waals surface area contributed by atoms with Crippen molar-refractivity contribution in [3.8, 4) is 0 Å². The Labute approximate surface area is 107 Å². The Morgan fingerprint density at radius 2 is 2.12 bits per heavy atom. The molecular weight excluding hydrogens is 234 g/mol. The molecule has 1 aromatic rings. The van der Waals surface area contributed by atoms with E-state index < -0.39 is 0 Å². The fourth-order valence-electron chi connectivity index (χ4n) is 1.23. The molecule has 2 N–H and O–H groups in total. The highest BCUT2D eigenvalue weighted by Gasteiger charge is 2.13. The maximum Gasteiger partial charge on any atom is 0.234 e. The summed E-state index contributed by atoms with van der Waals surface area (Å²) in [6.07, 6.45) is 0. The number of rotatable bonds is 4.